The Balaban J connectivity index is 1.85. The van der Waals surface area contributed by atoms with Crippen LogP contribution in [0.3, 0.4) is 0 Å². The number of nitrogens with zero attached hydrogens (tertiary/aromatic N) is 2. The van der Waals surface area contributed by atoms with E-state index in [1.807, 2.05) is 30.3 Å². The van der Waals surface area contributed by atoms with Crippen molar-refractivity contribution in [3.8, 4) is 11.3 Å². The molecule has 0 aliphatic carbocycles. The third-order valence-corrected chi connectivity index (χ3v) is 4.74. The van der Waals surface area contributed by atoms with E-state index in [2.05, 4.69) is 59.3 Å². The number of anilines is 1. The summed E-state index contributed by atoms with van der Waals surface area (Å²) >= 11 is 6.10. The fourth-order valence-corrected chi connectivity index (χ4v) is 3.20. The lowest BCUT2D eigenvalue weighted by molar-refractivity contribution is 0.925. The van der Waals surface area contributed by atoms with Crippen LogP contribution in [0.2, 0.25) is 5.02 Å². The van der Waals surface area contributed by atoms with E-state index in [1.165, 1.54) is 16.8 Å². The molecule has 0 spiro atoms. The molecular formula is C21H18ClN3. The fourth-order valence-electron chi connectivity index (χ4n) is 3.04. The molecular weight excluding hydrogens is 330 g/mol. The molecule has 0 aliphatic heterocycles. The van der Waals surface area contributed by atoms with Gasteiger partial charge in [0, 0.05) is 27.9 Å². The zero-order chi connectivity index (χ0) is 17.4. The van der Waals surface area contributed by atoms with Crippen LogP contribution < -0.4 is 5.43 Å². The predicted octanol–water partition coefficient (Wildman–Crippen LogP) is 5.85. The summed E-state index contributed by atoms with van der Waals surface area (Å²) < 4.78 is 2.13. The minimum absolute atomic E-state index is 0.690. The minimum atomic E-state index is 0.690. The average molecular weight is 348 g/mol. The van der Waals surface area contributed by atoms with E-state index in [4.69, 9.17) is 11.6 Å². The standard InChI is InChI=1S/C21H18ClN3/c1-14-12-21(16-6-4-3-5-7-16)25(15(14)2)24-19-10-11-23-20-13-17(22)8-9-18(19)20/h3-13H,1-2H3,(H,23,24). The van der Waals surface area contributed by atoms with Crippen LogP contribution in [0.1, 0.15) is 11.3 Å². The Morgan fingerprint density at radius 1 is 0.960 bits per heavy atom. The lowest BCUT2D eigenvalue weighted by Crippen LogP contribution is -2.12. The minimum Gasteiger partial charge on any atom is -0.293 e. The van der Waals surface area contributed by atoms with Crippen molar-refractivity contribution in [3.05, 3.63) is 83.1 Å². The van der Waals surface area contributed by atoms with E-state index in [-0.39, 0.29) is 0 Å². The Kier molecular flexibility index (Phi) is 3.94. The van der Waals surface area contributed by atoms with Crippen molar-refractivity contribution in [2.24, 2.45) is 0 Å². The van der Waals surface area contributed by atoms with Gasteiger partial charge >= 0.3 is 0 Å². The Labute approximate surface area is 151 Å². The number of fused-ring (bicyclic) bond motifs is 1. The van der Waals surface area contributed by atoms with Crippen LogP contribution in [-0.4, -0.2) is 9.66 Å². The summed E-state index contributed by atoms with van der Waals surface area (Å²) in [6.07, 6.45) is 1.80. The van der Waals surface area contributed by atoms with Crippen LogP contribution in [0.25, 0.3) is 22.2 Å². The van der Waals surface area contributed by atoms with Gasteiger partial charge in [0.05, 0.1) is 16.9 Å². The first kappa shape index (κ1) is 15.7. The molecule has 0 radical (unpaired) electrons. The molecule has 0 unspecified atom stereocenters. The monoisotopic (exact) mass is 347 g/mol. The van der Waals surface area contributed by atoms with E-state index in [0.29, 0.717) is 5.02 Å². The van der Waals surface area contributed by atoms with E-state index in [1.54, 1.807) is 6.20 Å². The number of pyridine rings is 1. The lowest BCUT2D eigenvalue weighted by Gasteiger charge is -2.16. The molecule has 0 bridgehead atoms. The molecule has 4 rings (SSSR count). The van der Waals surface area contributed by atoms with E-state index in [0.717, 1.165) is 22.3 Å². The van der Waals surface area contributed by atoms with Gasteiger partial charge in [0.15, 0.2) is 0 Å². The summed E-state index contributed by atoms with van der Waals surface area (Å²) in [7, 11) is 0. The maximum Gasteiger partial charge on any atom is 0.0738 e. The Hall–Kier alpha value is -2.78. The summed E-state index contributed by atoms with van der Waals surface area (Å²) in [5.41, 5.74) is 10.2. The molecule has 2 heterocycles. The number of nitrogens with one attached hydrogen (secondary N) is 1. The van der Waals surface area contributed by atoms with Crippen molar-refractivity contribution in [3.63, 3.8) is 0 Å². The van der Waals surface area contributed by atoms with Gasteiger partial charge in [0.1, 0.15) is 0 Å². The third-order valence-electron chi connectivity index (χ3n) is 4.51. The average Bonchev–Trinajstić information content (AvgIpc) is 2.91. The number of benzene rings is 2. The molecule has 0 saturated heterocycles. The molecule has 25 heavy (non-hydrogen) atoms. The maximum absolute atomic E-state index is 6.10. The number of hydrogen-bond donors (Lipinski definition) is 1. The van der Waals surface area contributed by atoms with Gasteiger partial charge in [0.25, 0.3) is 0 Å². The summed E-state index contributed by atoms with van der Waals surface area (Å²) in [6, 6.07) is 20.4. The highest BCUT2D eigenvalue weighted by Gasteiger charge is 2.12. The molecule has 3 nitrogen and oxygen atoms in total. The normalized spacial score (nSPS) is 11.0. The molecule has 4 heteroatoms. The summed E-state index contributed by atoms with van der Waals surface area (Å²) in [5.74, 6) is 0. The van der Waals surface area contributed by atoms with Crippen molar-refractivity contribution in [2.75, 3.05) is 5.43 Å². The van der Waals surface area contributed by atoms with E-state index < -0.39 is 0 Å². The molecule has 0 aliphatic rings. The Morgan fingerprint density at radius 3 is 2.56 bits per heavy atom. The summed E-state index contributed by atoms with van der Waals surface area (Å²) in [4.78, 5) is 4.42. The van der Waals surface area contributed by atoms with Crippen LogP contribution in [0.4, 0.5) is 5.69 Å². The van der Waals surface area contributed by atoms with Gasteiger partial charge in [-0.1, -0.05) is 41.9 Å². The van der Waals surface area contributed by atoms with Gasteiger partial charge in [0.2, 0.25) is 0 Å². The van der Waals surface area contributed by atoms with Crippen molar-refractivity contribution in [2.45, 2.75) is 13.8 Å². The molecule has 0 amide bonds. The number of halogens is 1. The number of hydrogen-bond acceptors (Lipinski definition) is 2. The zero-order valence-electron chi connectivity index (χ0n) is 14.1. The topological polar surface area (TPSA) is 29.9 Å². The molecule has 2 aromatic heterocycles. The SMILES string of the molecule is Cc1cc(-c2ccccc2)n(Nc2ccnc3cc(Cl)ccc23)c1C. The van der Waals surface area contributed by atoms with Crippen molar-refractivity contribution in [1.82, 2.24) is 9.66 Å². The molecule has 0 fully saturated rings. The van der Waals surface area contributed by atoms with E-state index in [9.17, 15) is 0 Å². The van der Waals surface area contributed by atoms with Crippen molar-refractivity contribution in [1.29, 1.82) is 0 Å². The second kappa shape index (κ2) is 6.26. The predicted molar refractivity (Wildman–Crippen MR) is 105 cm³/mol. The second-order valence-corrected chi connectivity index (χ2v) is 6.57. The van der Waals surface area contributed by atoms with Crippen LogP contribution >= 0.6 is 11.6 Å². The highest BCUT2D eigenvalue weighted by Crippen LogP contribution is 2.29. The number of aryl methyl sites for hydroxylation is 1. The molecule has 0 atom stereocenters. The van der Waals surface area contributed by atoms with Gasteiger partial charge in [-0.2, -0.15) is 0 Å². The quantitative estimate of drug-likeness (QED) is 0.504. The second-order valence-electron chi connectivity index (χ2n) is 6.13. The maximum atomic E-state index is 6.10. The third kappa shape index (κ3) is 2.87. The summed E-state index contributed by atoms with van der Waals surface area (Å²) in [5, 5.41) is 1.73. The van der Waals surface area contributed by atoms with Gasteiger partial charge in [-0.05, 0) is 49.7 Å². The lowest BCUT2D eigenvalue weighted by atomic mass is 10.1. The fraction of sp³-hybridized carbons (Fsp3) is 0.0952. The van der Waals surface area contributed by atoms with Crippen molar-refractivity contribution < 1.29 is 0 Å². The molecule has 4 aromatic rings. The van der Waals surface area contributed by atoms with Gasteiger partial charge < -0.3 is 0 Å². The number of rotatable bonds is 3. The highest BCUT2D eigenvalue weighted by atomic mass is 35.5. The molecule has 0 saturated carbocycles. The first-order valence-corrected chi connectivity index (χ1v) is 8.57. The Morgan fingerprint density at radius 2 is 1.76 bits per heavy atom. The van der Waals surface area contributed by atoms with Crippen LogP contribution in [0.5, 0.6) is 0 Å². The largest absolute Gasteiger partial charge is 0.293 e. The zero-order valence-corrected chi connectivity index (χ0v) is 14.9. The van der Waals surface area contributed by atoms with Gasteiger partial charge in [-0.15, -0.1) is 0 Å². The van der Waals surface area contributed by atoms with Crippen LogP contribution in [0, 0.1) is 13.8 Å². The number of aromatic nitrogens is 2. The van der Waals surface area contributed by atoms with Gasteiger partial charge in [-0.3, -0.25) is 15.1 Å². The molecule has 124 valence electrons. The molecule has 2 aromatic carbocycles. The first-order chi connectivity index (χ1) is 12.1. The van der Waals surface area contributed by atoms with E-state index >= 15 is 0 Å². The van der Waals surface area contributed by atoms with Crippen LogP contribution in [-0.2, 0) is 0 Å². The van der Waals surface area contributed by atoms with Crippen molar-refractivity contribution >= 4 is 28.2 Å². The molecule has 1 N–H and O–H groups in total. The smallest absolute Gasteiger partial charge is 0.0738 e. The van der Waals surface area contributed by atoms with Gasteiger partial charge in [-0.25, -0.2) is 0 Å². The first-order valence-electron chi connectivity index (χ1n) is 8.19. The summed E-state index contributed by atoms with van der Waals surface area (Å²) in [6.45, 7) is 4.25. The Bertz CT molecular complexity index is 1050. The van der Waals surface area contributed by atoms with Crippen LogP contribution in [0.15, 0.2) is 66.9 Å². The highest BCUT2D eigenvalue weighted by molar-refractivity contribution is 6.31.